The zero-order chi connectivity index (χ0) is 12.8. The molecule has 0 aromatic rings. The van der Waals surface area contributed by atoms with Gasteiger partial charge >= 0.3 is 0 Å². The van der Waals surface area contributed by atoms with Crippen LogP contribution in [0.15, 0.2) is 0 Å². The highest BCUT2D eigenvalue weighted by molar-refractivity contribution is 7.92. The summed E-state index contributed by atoms with van der Waals surface area (Å²) >= 11 is 0. The SMILES string of the molecule is CCOC(CCS(=O)(=O)C(C)(C)C)OCC. The molecule has 0 heterocycles. The first-order valence-electron chi connectivity index (χ1n) is 5.70. The molecular weight excluding hydrogens is 228 g/mol. The average Bonchev–Trinajstić information content (AvgIpc) is 2.13. The van der Waals surface area contributed by atoms with Gasteiger partial charge in [0.15, 0.2) is 16.1 Å². The van der Waals surface area contributed by atoms with E-state index in [2.05, 4.69) is 0 Å². The van der Waals surface area contributed by atoms with Gasteiger partial charge in [0, 0.05) is 19.6 Å². The van der Waals surface area contributed by atoms with E-state index in [0.717, 1.165) is 0 Å². The summed E-state index contributed by atoms with van der Waals surface area (Å²) in [4.78, 5) is 0. The van der Waals surface area contributed by atoms with Gasteiger partial charge in [-0.05, 0) is 34.6 Å². The van der Waals surface area contributed by atoms with E-state index in [-0.39, 0.29) is 5.75 Å². The van der Waals surface area contributed by atoms with Crippen LogP contribution < -0.4 is 0 Å². The van der Waals surface area contributed by atoms with Crippen LogP contribution in [0.5, 0.6) is 0 Å². The Hall–Kier alpha value is -0.130. The van der Waals surface area contributed by atoms with Gasteiger partial charge in [-0.25, -0.2) is 8.42 Å². The largest absolute Gasteiger partial charge is 0.353 e. The van der Waals surface area contributed by atoms with Gasteiger partial charge in [-0.2, -0.15) is 0 Å². The third-order valence-electron chi connectivity index (χ3n) is 2.26. The van der Waals surface area contributed by atoms with Crippen molar-refractivity contribution in [2.75, 3.05) is 19.0 Å². The molecule has 0 fully saturated rings. The van der Waals surface area contributed by atoms with E-state index >= 15 is 0 Å². The summed E-state index contributed by atoms with van der Waals surface area (Å²) in [5.74, 6) is 0.0984. The molecule has 0 aromatic carbocycles. The fraction of sp³-hybridized carbons (Fsp3) is 1.00. The first-order chi connectivity index (χ1) is 7.24. The third-order valence-corrected chi connectivity index (χ3v) is 4.90. The smallest absolute Gasteiger partial charge is 0.158 e. The van der Waals surface area contributed by atoms with E-state index in [1.54, 1.807) is 20.8 Å². The molecule has 98 valence electrons. The van der Waals surface area contributed by atoms with Gasteiger partial charge in [0.25, 0.3) is 0 Å². The fourth-order valence-corrected chi connectivity index (χ4v) is 2.26. The van der Waals surface area contributed by atoms with Crippen LogP contribution in [0.2, 0.25) is 0 Å². The lowest BCUT2D eigenvalue weighted by molar-refractivity contribution is -0.136. The average molecular weight is 252 g/mol. The normalized spacial score (nSPS) is 13.4. The molecule has 0 aliphatic carbocycles. The van der Waals surface area contributed by atoms with Crippen molar-refractivity contribution < 1.29 is 17.9 Å². The van der Waals surface area contributed by atoms with Gasteiger partial charge in [-0.15, -0.1) is 0 Å². The molecule has 0 spiro atoms. The number of hydrogen-bond acceptors (Lipinski definition) is 4. The second-order valence-corrected chi connectivity index (χ2v) is 7.42. The van der Waals surface area contributed by atoms with Crippen LogP contribution in [0.1, 0.15) is 41.0 Å². The summed E-state index contributed by atoms with van der Waals surface area (Å²) in [5, 5.41) is 0. The highest BCUT2D eigenvalue weighted by Crippen LogP contribution is 2.18. The molecule has 0 atom stereocenters. The van der Waals surface area contributed by atoms with Crippen LogP contribution in [0, 0.1) is 0 Å². The first-order valence-corrected chi connectivity index (χ1v) is 7.35. The monoisotopic (exact) mass is 252 g/mol. The maximum atomic E-state index is 11.9. The van der Waals surface area contributed by atoms with Crippen molar-refractivity contribution in [3.63, 3.8) is 0 Å². The first kappa shape index (κ1) is 15.9. The highest BCUT2D eigenvalue weighted by Gasteiger charge is 2.29. The molecule has 5 heteroatoms. The second kappa shape index (κ2) is 6.57. The Kier molecular flexibility index (Phi) is 6.51. The van der Waals surface area contributed by atoms with Gasteiger partial charge in [-0.1, -0.05) is 0 Å². The molecule has 0 N–H and O–H groups in total. The quantitative estimate of drug-likeness (QED) is 0.650. The van der Waals surface area contributed by atoms with Crippen molar-refractivity contribution in [1.29, 1.82) is 0 Å². The molecule has 0 unspecified atom stereocenters. The van der Waals surface area contributed by atoms with Gasteiger partial charge in [-0.3, -0.25) is 0 Å². The minimum atomic E-state index is -3.09. The Balaban J connectivity index is 4.30. The molecule has 0 bridgehead atoms. The van der Waals surface area contributed by atoms with E-state index in [1.165, 1.54) is 0 Å². The molecular formula is C11H24O4S. The number of ether oxygens (including phenoxy) is 2. The van der Waals surface area contributed by atoms with Gasteiger partial charge in [0.05, 0.1) is 10.5 Å². The Bertz CT molecular complexity index is 271. The lowest BCUT2D eigenvalue weighted by Gasteiger charge is -2.22. The number of hydrogen-bond donors (Lipinski definition) is 0. The molecule has 0 saturated carbocycles. The molecule has 0 aromatic heterocycles. The molecule has 4 nitrogen and oxygen atoms in total. The Morgan fingerprint density at radius 2 is 1.50 bits per heavy atom. The summed E-state index contributed by atoms with van der Waals surface area (Å²) < 4.78 is 33.6. The van der Waals surface area contributed by atoms with Crippen molar-refractivity contribution in [3.8, 4) is 0 Å². The van der Waals surface area contributed by atoms with E-state index in [4.69, 9.17) is 9.47 Å². The molecule has 0 aliphatic rings. The number of rotatable bonds is 7. The van der Waals surface area contributed by atoms with E-state index in [9.17, 15) is 8.42 Å². The maximum Gasteiger partial charge on any atom is 0.158 e. The molecule has 0 radical (unpaired) electrons. The minimum absolute atomic E-state index is 0.0984. The van der Waals surface area contributed by atoms with Crippen LogP contribution in [0.3, 0.4) is 0 Å². The van der Waals surface area contributed by atoms with Crippen LogP contribution in [-0.2, 0) is 19.3 Å². The van der Waals surface area contributed by atoms with Crippen LogP contribution in [-0.4, -0.2) is 38.4 Å². The van der Waals surface area contributed by atoms with Gasteiger partial charge in [0.2, 0.25) is 0 Å². The lowest BCUT2D eigenvalue weighted by atomic mass is 10.3. The van der Waals surface area contributed by atoms with Crippen molar-refractivity contribution in [2.45, 2.75) is 52.1 Å². The highest BCUT2D eigenvalue weighted by atomic mass is 32.2. The van der Waals surface area contributed by atoms with Crippen molar-refractivity contribution in [3.05, 3.63) is 0 Å². The molecule has 16 heavy (non-hydrogen) atoms. The lowest BCUT2D eigenvalue weighted by Crippen LogP contribution is -2.32. The van der Waals surface area contributed by atoms with Crippen molar-refractivity contribution in [2.24, 2.45) is 0 Å². The summed E-state index contributed by atoms with van der Waals surface area (Å²) in [5.41, 5.74) is 0. The van der Waals surface area contributed by atoms with E-state index < -0.39 is 20.9 Å². The Morgan fingerprint density at radius 3 is 1.81 bits per heavy atom. The predicted molar refractivity (Wildman–Crippen MR) is 65.2 cm³/mol. The van der Waals surface area contributed by atoms with E-state index in [0.29, 0.717) is 19.6 Å². The molecule has 0 saturated heterocycles. The van der Waals surface area contributed by atoms with Gasteiger partial charge < -0.3 is 9.47 Å². The summed E-state index contributed by atoms with van der Waals surface area (Å²) in [6.07, 6.45) is -0.0199. The summed E-state index contributed by atoms with van der Waals surface area (Å²) in [6.45, 7) is 9.91. The second-order valence-electron chi connectivity index (χ2n) is 4.56. The topological polar surface area (TPSA) is 52.6 Å². The third kappa shape index (κ3) is 5.27. The molecule has 0 amide bonds. The van der Waals surface area contributed by atoms with Gasteiger partial charge in [0.1, 0.15) is 0 Å². The molecule has 0 rings (SSSR count). The van der Waals surface area contributed by atoms with Crippen LogP contribution >= 0.6 is 0 Å². The molecule has 0 aliphatic heterocycles. The fourth-order valence-electron chi connectivity index (χ4n) is 1.14. The van der Waals surface area contributed by atoms with Crippen molar-refractivity contribution in [1.82, 2.24) is 0 Å². The number of sulfone groups is 1. The Morgan fingerprint density at radius 1 is 1.06 bits per heavy atom. The Labute approximate surface area is 99.2 Å². The predicted octanol–water partition coefficient (Wildman–Crippen LogP) is 1.99. The van der Waals surface area contributed by atoms with Crippen LogP contribution in [0.4, 0.5) is 0 Å². The summed E-state index contributed by atoms with van der Waals surface area (Å²) in [6, 6.07) is 0. The zero-order valence-corrected chi connectivity index (χ0v) is 11.8. The summed E-state index contributed by atoms with van der Waals surface area (Å²) in [7, 11) is -3.09. The standard InChI is InChI=1S/C11H24O4S/c1-6-14-10(15-7-2)8-9-16(12,13)11(3,4)5/h10H,6-9H2,1-5H3. The van der Waals surface area contributed by atoms with Crippen LogP contribution in [0.25, 0.3) is 0 Å². The zero-order valence-electron chi connectivity index (χ0n) is 10.9. The maximum absolute atomic E-state index is 11.9. The van der Waals surface area contributed by atoms with Crippen molar-refractivity contribution >= 4 is 9.84 Å². The van der Waals surface area contributed by atoms with E-state index in [1.807, 2.05) is 13.8 Å². The minimum Gasteiger partial charge on any atom is -0.353 e.